The number of nitro benzene ring substituents is 1. The van der Waals surface area contributed by atoms with Crippen LogP contribution in [-0.2, 0) is 11.3 Å². The number of rotatable bonds is 10. The summed E-state index contributed by atoms with van der Waals surface area (Å²) >= 11 is 0. The van der Waals surface area contributed by atoms with Gasteiger partial charge in [0.05, 0.1) is 39.4 Å². The van der Waals surface area contributed by atoms with E-state index in [1.807, 2.05) is 0 Å². The van der Waals surface area contributed by atoms with E-state index in [2.05, 4.69) is 5.32 Å². The summed E-state index contributed by atoms with van der Waals surface area (Å²) in [5, 5.41) is 13.6. The predicted molar refractivity (Wildman–Crippen MR) is 103 cm³/mol. The number of ether oxygens (including phenoxy) is 5. The Morgan fingerprint density at radius 2 is 1.55 bits per heavy atom. The van der Waals surface area contributed by atoms with Gasteiger partial charge >= 0.3 is 0 Å². The molecule has 10 nitrogen and oxygen atoms in total. The Morgan fingerprint density at radius 1 is 0.931 bits per heavy atom. The third-order valence-corrected chi connectivity index (χ3v) is 3.93. The summed E-state index contributed by atoms with van der Waals surface area (Å²) in [5.41, 5.74) is 0.555. The zero-order valence-corrected chi connectivity index (χ0v) is 16.5. The Kier molecular flexibility index (Phi) is 7.47. The van der Waals surface area contributed by atoms with Gasteiger partial charge in [-0.25, -0.2) is 0 Å². The van der Waals surface area contributed by atoms with Crippen LogP contribution >= 0.6 is 0 Å². The number of carbonyl (C=O) groups is 1. The van der Waals surface area contributed by atoms with Gasteiger partial charge in [0.1, 0.15) is 0 Å². The number of benzene rings is 2. The van der Waals surface area contributed by atoms with Crippen LogP contribution in [0.5, 0.6) is 28.7 Å². The van der Waals surface area contributed by atoms with Gasteiger partial charge in [-0.2, -0.15) is 0 Å². The molecule has 0 aliphatic carbocycles. The van der Waals surface area contributed by atoms with Gasteiger partial charge in [-0.3, -0.25) is 14.9 Å². The fourth-order valence-corrected chi connectivity index (χ4v) is 2.52. The number of carbonyl (C=O) groups excluding carboxylic acids is 1. The lowest BCUT2D eigenvalue weighted by atomic mass is 10.1. The van der Waals surface area contributed by atoms with Crippen LogP contribution < -0.4 is 29.0 Å². The van der Waals surface area contributed by atoms with Gasteiger partial charge in [-0.1, -0.05) is 0 Å². The highest BCUT2D eigenvalue weighted by Gasteiger charge is 2.15. The van der Waals surface area contributed by atoms with E-state index >= 15 is 0 Å². The van der Waals surface area contributed by atoms with Crippen molar-refractivity contribution in [3.8, 4) is 28.7 Å². The first-order valence-electron chi connectivity index (χ1n) is 8.44. The summed E-state index contributed by atoms with van der Waals surface area (Å²) in [4.78, 5) is 22.5. The van der Waals surface area contributed by atoms with Crippen molar-refractivity contribution in [1.29, 1.82) is 0 Å². The highest BCUT2D eigenvalue weighted by molar-refractivity contribution is 5.77. The van der Waals surface area contributed by atoms with E-state index in [4.69, 9.17) is 23.7 Å². The van der Waals surface area contributed by atoms with Crippen LogP contribution in [0.25, 0.3) is 0 Å². The van der Waals surface area contributed by atoms with Gasteiger partial charge in [0.15, 0.2) is 29.6 Å². The second-order valence-corrected chi connectivity index (χ2v) is 5.69. The monoisotopic (exact) mass is 406 g/mol. The Balaban J connectivity index is 2.02. The molecule has 0 unspecified atom stereocenters. The van der Waals surface area contributed by atoms with Crippen LogP contribution in [0.15, 0.2) is 30.3 Å². The normalized spacial score (nSPS) is 10.1. The number of nitrogens with one attached hydrogen (secondary N) is 1. The minimum atomic E-state index is -0.559. The molecular formula is C19H22N2O8. The number of non-ortho nitro benzene ring substituents is 1. The highest BCUT2D eigenvalue weighted by atomic mass is 16.6. The van der Waals surface area contributed by atoms with Gasteiger partial charge in [-0.05, 0) is 23.8 Å². The van der Waals surface area contributed by atoms with Gasteiger partial charge < -0.3 is 29.0 Å². The molecule has 156 valence electrons. The smallest absolute Gasteiger partial charge is 0.273 e. The van der Waals surface area contributed by atoms with Crippen molar-refractivity contribution >= 4 is 11.6 Å². The summed E-state index contributed by atoms with van der Waals surface area (Å²) < 4.78 is 26.3. The van der Waals surface area contributed by atoms with Gasteiger partial charge in [0, 0.05) is 12.6 Å². The molecule has 0 fully saturated rings. The molecule has 0 bridgehead atoms. The minimum absolute atomic E-state index is 0.102. The topological polar surface area (TPSA) is 118 Å². The number of amides is 1. The summed E-state index contributed by atoms with van der Waals surface area (Å²) in [6, 6.07) is 7.32. The van der Waals surface area contributed by atoms with E-state index in [-0.39, 0.29) is 30.3 Å². The Labute approximate surface area is 167 Å². The third kappa shape index (κ3) is 5.41. The van der Waals surface area contributed by atoms with Crippen LogP contribution in [0.2, 0.25) is 0 Å². The van der Waals surface area contributed by atoms with Crippen molar-refractivity contribution in [2.75, 3.05) is 35.0 Å². The zero-order chi connectivity index (χ0) is 21.4. The van der Waals surface area contributed by atoms with E-state index in [0.29, 0.717) is 17.2 Å². The van der Waals surface area contributed by atoms with E-state index < -0.39 is 10.8 Å². The summed E-state index contributed by atoms with van der Waals surface area (Å²) in [5.74, 6) is 1.35. The fourth-order valence-electron chi connectivity index (χ4n) is 2.52. The first-order valence-corrected chi connectivity index (χ1v) is 8.44. The lowest BCUT2D eigenvalue weighted by Gasteiger charge is -2.14. The van der Waals surface area contributed by atoms with Crippen LogP contribution in [0.3, 0.4) is 0 Å². The molecule has 0 saturated carbocycles. The molecular weight excluding hydrogens is 384 g/mol. The lowest BCUT2D eigenvalue weighted by Crippen LogP contribution is -2.28. The number of hydrogen-bond acceptors (Lipinski definition) is 8. The van der Waals surface area contributed by atoms with E-state index in [9.17, 15) is 14.9 Å². The standard InChI is InChI=1S/C19H22N2O8/c1-25-14-6-5-13(21(23)24)9-15(14)29-11-18(22)20-10-12-7-16(26-2)19(28-4)17(8-12)27-3/h5-9H,10-11H2,1-4H3,(H,20,22). The maximum atomic E-state index is 12.1. The second-order valence-electron chi connectivity index (χ2n) is 5.69. The van der Waals surface area contributed by atoms with E-state index in [0.717, 1.165) is 5.56 Å². The summed E-state index contributed by atoms with van der Waals surface area (Å²) in [6.45, 7) is -0.160. The summed E-state index contributed by atoms with van der Waals surface area (Å²) in [7, 11) is 5.90. The van der Waals surface area contributed by atoms with Gasteiger partial charge in [0.2, 0.25) is 5.75 Å². The molecule has 0 aromatic heterocycles. The third-order valence-electron chi connectivity index (χ3n) is 3.93. The second kappa shape index (κ2) is 10.0. The molecule has 0 heterocycles. The molecule has 0 saturated heterocycles. The number of methoxy groups -OCH3 is 4. The Morgan fingerprint density at radius 3 is 2.07 bits per heavy atom. The Hall–Kier alpha value is -3.69. The van der Waals surface area contributed by atoms with Gasteiger partial charge in [-0.15, -0.1) is 0 Å². The first kappa shape index (κ1) is 21.6. The average molecular weight is 406 g/mol. The predicted octanol–water partition coefficient (Wildman–Crippen LogP) is 2.32. The quantitative estimate of drug-likeness (QED) is 0.472. The first-order chi connectivity index (χ1) is 13.9. The molecule has 29 heavy (non-hydrogen) atoms. The van der Waals surface area contributed by atoms with Crippen molar-refractivity contribution in [3.63, 3.8) is 0 Å². The van der Waals surface area contributed by atoms with E-state index in [1.54, 1.807) is 12.1 Å². The number of nitrogens with zero attached hydrogens (tertiary/aromatic N) is 1. The molecule has 2 aromatic rings. The molecule has 10 heteroatoms. The largest absolute Gasteiger partial charge is 0.493 e. The molecule has 2 rings (SSSR count). The molecule has 0 aliphatic rings. The van der Waals surface area contributed by atoms with Crippen LogP contribution in [0.4, 0.5) is 5.69 Å². The molecule has 0 radical (unpaired) electrons. The summed E-state index contributed by atoms with van der Waals surface area (Å²) in [6.07, 6.45) is 0. The Bertz CT molecular complexity index is 860. The minimum Gasteiger partial charge on any atom is -0.493 e. The van der Waals surface area contributed by atoms with Crippen LogP contribution in [0, 0.1) is 10.1 Å². The molecule has 0 spiro atoms. The maximum absolute atomic E-state index is 12.1. The van der Waals surface area contributed by atoms with Crippen molar-refractivity contribution < 1.29 is 33.4 Å². The lowest BCUT2D eigenvalue weighted by molar-refractivity contribution is -0.385. The zero-order valence-electron chi connectivity index (χ0n) is 16.5. The molecule has 0 aliphatic heterocycles. The maximum Gasteiger partial charge on any atom is 0.273 e. The number of hydrogen-bond donors (Lipinski definition) is 1. The fraction of sp³-hybridized carbons (Fsp3) is 0.316. The van der Waals surface area contributed by atoms with E-state index in [1.165, 1.54) is 46.6 Å². The SMILES string of the molecule is COc1ccc([N+](=O)[O-])cc1OCC(=O)NCc1cc(OC)c(OC)c(OC)c1. The van der Waals surface area contributed by atoms with Crippen molar-refractivity contribution in [3.05, 3.63) is 46.0 Å². The average Bonchev–Trinajstić information content (AvgIpc) is 2.74. The molecule has 0 atom stereocenters. The highest BCUT2D eigenvalue weighted by Crippen LogP contribution is 2.38. The molecule has 1 amide bonds. The van der Waals surface area contributed by atoms with Gasteiger partial charge in [0.25, 0.3) is 11.6 Å². The van der Waals surface area contributed by atoms with Crippen molar-refractivity contribution in [2.45, 2.75) is 6.54 Å². The molecule has 1 N–H and O–H groups in total. The van der Waals surface area contributed by atoms with Crippen LogP contribution in [0.1, 0.15) is 5.56 Å². The molecule has 2 aromatic carbocycles. The van der Waals surface area contributed by atoms with Crippen molar-refractivity contribution in [2.24, 2.45) is 0 Å². The number of nitro groups is 1. The van der Waals surface area contributed by atoms with Crippen LogP contribution in [-0.4, -0.2) is 45.9 Å². The van der Waals surface area contributed by atoms with Crippen molar-refractivity contribution in [1.82, 2.24) is 5.32 Å².